The number of hydrogen-bond donors (Lipinski definition) is 2. The summed E-state index contributed by atoms with van der Waals surface area (Å²) < 4.78 is 5.39. The Morgan fingerprint density at radius 2 is 2.17 bits per heavy atom. The number of imidazole rings is 1. The van der Waals surface area contributed by atoms with Crippen LogP contribution in [0.2, 0.25) is 0 Å². The van der Waals surface area contributed by atoms with Gasteiger partial charge in [-0.3, -0.25) is 0 Å². The lowest BCUT2D eigenvalue weighted by molar-refractivity contribution is 0.407. The van der Waals surface area contributed by atoms with Crippen molar-refractivity contribution in [2.45, 2.75) is 25.5 Å². The molecule has 0 aliphatic heterocycles. The van der Waals surface area contributed by atoms with Gasteiger partial charge in [0.05, 0.1) is 19.0 Å². The summed E-state index contributed by atoms with van der Waals surface area (Å²) in [5.74, 6) is 2.86. The van der Waals surface area contributed by atoms with Gasteiger partial charge in [0.2, 0.25) is 0 Å². The van der Waals surface area contributed by atoms with Crippen molar-refractivity contribution in [3.63, 3.8) is 0 Å². The summed E-state index contributed by atoms with van der Waals surface area (Å²) in [6.45, 7) is 4.32. The van der Waals surface area contributed by atoms with Gasteiger partial charge >= 0.3 is 0 Å². The Kier molecular flexibility index (Phi) is 3.97. The molecule has 1 aromatic carbocycles. The summed E-state index contributed by atoms with van der Waals surface area (Å²) >= 11 is 4.21. The number of thiol groups is 1. The number of benzene rings is 1. The van der Waals surface area contributed by atoms with Crippen LogP contribution >= 0.6 is 12.6 Å². The molecule has 4 heteroatoms. The normalized spacial score (nSPS) is 10.9. The fourth-order valence-corrected chi connectivity index (χ4v) is 2.10. The van der Waals surface area contributed by atoms with E-state index >= 15 is 0 Å². The average molecular weight is 262 g/mol. The van der Waals surface area contributed by atoms with Crippen LogP contribution in [0.15, 0.2) is 24.4 Å². The largest absolute Gasteiger partial charge is 0.496 e. The van der Waals surface area contributed by atoms with Gasteiger partial charge < -0.3 is 9.72 Å². The number of methoxy groups -OCH3 is 1. The van der Waals surface area contributed by atoms with Crippen LogP contribution in [0.25, 0.3) is 11.3 Å². The molecule has 0 bridgehead atoms. The zero-order chi connectivity index (χ0) is 13.1. The molecule has 1 N–H and O–H groups in total. The third kappa shape index (κ3) is 2.53. The van der Waals surface area contributed by atoms with E-state index in [9.17, 15) is 0 Å². The molecule has 0 saturated heterocycles. The molecule has 2 rings (SSSR count). The predicted molar refractivity (Wildman–Crippen MR) is 77.4 cm³/mol. The van der Waals surface area contributed by atoms with Crippen LogP contribution < -0.4 is 4.74 Å². The van der Waals surface area contributed by atoms with Crippen molar-refractivity contribution in [2.24, 2.45) is 0 Å². The number of nitrogens with one attached hydrogen (secondary N) is 1. The van der Waals surface area contributed by atoms with E-state index in [0.29, 0.717) is 11.7 Å². The third-order valence-corrected chi connectivity index (χ3v) is 3.24. The van der Waals surface area contributed by atoms with Crippen LogP contribution in [0.5, 0.6) is 5.75 Å². The minimum atomic E-state index is 0.423. The van der Waals surface area contributed by atoms with Crippen molar-refractivity contribution in [1.82, 2.24) is 9.97 Å². The maximum absolute atomic E-state index is 5.39. The zero-order valence-electron chi connectivity index (χ0n) is 10.9. The highest BCUT2D eigenvalue weighted by molar-refractivity contribution is 7.79. The molecule has 18 heavy (non-hydrogen) atoms. The first-order valence-electron chi connectivity index (χ1n) is 5.98. The summed E-state index contributed by atoms with van der Waals surface area (Å²) in [4.78, 5) is 7.52. The van der Waals surface area contributed by atoms with Gasteiger partial charge in [-0.1, -0.05) is 13.8 Å². The summed E-state index contributed by atoms with van der Waals surface area (Å²) in [5, 5.41) is 0. The number of hydrogen-bond acceptors (Lipinski definition) is 3. The maximum atomic E-state index is 5.39. The predicted octanol–water partition coefficient (Wildman–Crippen LogP) is 3.64. The Hall–Kier alpha value is -1.42. The second-order valence-electron chi connectivity index (χ2n) is 4.51. The molecule has 1 aromatic heterocycles. The molecule has 0 aliphatic rings. The number of aromatic amines is 1. The van der Waals surface area contributed by atoms with Crippen molar-refractivity contribution in [3.05, 3.63) is 35.8 Å². The molecular weight excluding hydrogens is 244 g/mol. The van der Waals surface area contributed by atoms with Gasteiger partial charge in [0.1, 0.15) is 11.6 Å². The SMILES string of the molecule is COc1ccc(-c2cnc(CS)[nH]2)cc1C(C)C. The van der Waals surface area contributed by atoms with Gasteiger partial charge in [-0.25, -0.2) is 4.98 Å². The van der Waals surface area contributed by atoms with Gasteiger partial charge in [-0.2, -0.15) is 12.6 Å². The number of H-pyrrole nitrogens is 1. The monoisotopic (exact) mass is 262 g/mol. The van der Waals surface area contributed by atoms with E-state index in [2.05, 4.69) is 42.5 Å². The molecule has 0 radical (unpaired) electrons. The smallest absolute Gasteiger partial charge is 0.122 e. The number of nitrogens with zero attached hydrogens (tertiary/aromatic N) is 1. The molecule has 0 spiro atoms. The van der Waals surface area contributed by atoms with E-state index in [0.717, 1.165) is 22.8 Å². The Bertz CT molecular complexity index is 534. The van der Waals surface area contributed by atoms with Crippen LogP contribution in [-0.2, 0) is 5.75 Å². The Labute approximate surface area is 113 Å². The maximum Gasteiger partial charge on any atom is 0.122 e. The van der Waals surface area contributed by atoms with E-state index in [1.165, 1.54) is 5.56 Å². The van der Waals surface area contributed by atoms with Gasteiger partial charge in [0.15, 0.2) is 0 Å². The fourth-order valence-electron chi connectivity index (χ4n) is 1.94. The molecular formula is C14H18N2OS. The Morgan fingerprint density at radius 3 is 2.72 bits per heavy atom. The highest BCUT2D eigenvalue weighted by Gasteiger charge is 2.10. The van der Waals surface area contributed by atoms with E-state index in [1.807, 2.05) is 18.3 Å². The van der Waals surface area contributed by atoms with Crippen molar-refractivity contribution in [2.75, 3.05) is 7.11 Å². The quantitative estimate of drug-likeness (QED) is 0.826. The van der Waals surface area contributed by atoms with Crippen LogP contribution in [0.4, 0.5) is 0 Å². The van der Waals surface area contributed by atoms with Crippen molar-refractivity contribution in [3.8, 4) is 17.0 Å². The molecule has 0 saturated carbocycles. The molecule has 0 aliphatic carbocycles. The molecule has 96 valence electrons. The minimum Gasteiger partial charge on any atom is -0.496 e. The van der Waals surface area contributed by atoms with Crippen LogP contribution in [0, 0.1) is 0 Å². The fraction of sp³-hybridized carbons (Fsp3) is 0.357. The third-order valence-electron chi connectivity index (χ3n) is 2.94. The van der Waals surface area contributed by atoms with E-state index in [1.54, 1.807) is 7.11 Å². The molecule has 0 amide bonds. The standard InChI is InChI=1S/C14H18N2OS/c1-9(2)11-6-10(4-5-13(11)17-3)12-7-15-14(8-18)16-12/h4-7,9,18H,8H2,1-3H3,(H,15,16). The lowest BCUT2D eigenvalue weighted by Gasteiger charge is -2.13. The highest BCUT2D eigenvalue weighted by atomic mass is 32.1. The first-order valence-corrected chi connectivity index (χ1v) is 6.62. The molecule has 3 nitrogen and oxygen atoms in total. The van der Waals surface area contributed by atoms with Gasteiger partial charge in [0, 0.05) is 11.3 Å². The minimum absolute atomic E-state index is 0.423. The van der Waals surface area contributed by atoms with Crippen molar-refractivity contribution < 1.29 is 4.74 Å². The first-order chi connectivity index (χ1) is 8.65. The second-order valence-corrected chi connectivity index (χ2v) is 4.83. The topological polar surface area (TPSA) is 37.9 Å². The van der Waals surface area contributed by atoms with Crippen LogP contribution in [-0.4, -0.2) is 17.1 Å². The Morgan fingerprint density at radius 1 is 1.39 bits per heavy atom. The molecule has 0 unspecified atom stereocenters. The van der Waals surface area contributed by atoms with E-state index < -0.39 is 0 Å². The lowest BCUT2D eigenvalue weighted by atomic mass is 9.98. The molecule has 2 aromatic rings. The Balaban J connectivity index is 2.42. The number of aromatic nitrogens is 2. The second kappa shape index (κ2) is 5.48. The molecule has 1 heterocycles. The number of ether oxygens (including phenoxy) is 1. The number of rotatable bonds is 4. The molecule has 0 atom stereocenters. The van der Waals surface area contributed by atoms with Crippen molar-refractivity contribution >= 4 is 12.6 Å². The van der Waals surface area contributed by atoms with Crippen molar-refractivity contribution in [1.29, 1.82) is 0 Å². The molecule has 0 fully saturated rings. The summed E-state index contributed by atoms with van der Waals surface area (Å²) in [6, 6.07) is 6.20. The lowest BCUT2D eigenvalue weighted by Crippen LogP contribution is -1.95. The summed E-state index contributed by atoms with van der Waals surface area (Å²) in [5.41, 5.74) is 3.35. The van der Waals surface area contributed by atoms with Gasteiger partial charge in [-0.05, 0) is 29.7 Å². The van der Waals surface area contributed by atoms with Crippen LogP contribution in [0.3, 0.4) is 0 Å². The summed E-state index contributed by atoms with van der Waals surface area (Å²) in [6.07, 6.45) is 1.84. The van der Waals surface area contributed by atoms with Crippen LogP contribution in [0.1, 0.15) is 31.2 Å². The summed E-state index contributed by atoms with van der Waals surface area (Å²) in [7, 11) is 1.70. The highest BCUT2D eigenvalue weighted by Crippen LogP contribution is 2.30. The van der Waals surface area contributed by atoms with Gasteiger partial charge in [-0.15, -0.1) is 0 Å². The average Bonchev–Trinajstić information content (AvgIpc) is 2.86. The van der Waals surface area contributed by atoms with Gasteiger partial charge in [0.25, 0.3) is 0 Å². The van der Waals surface area contributed by atoms with E-state index in [-0.39, 0.29) is 0 Å². The zero-order valence-corrected chi connectivity index (χ0v) is 11.8. The van der Waals surface area contributed by atoms with E-state index in [4.69, 9.17) is 4.74 Å². The first kappa shape index (κ1) is 13.0.